The fraction of sp³-hybridized carbons (Fsp3) is 0.636. The van der Waals surface area contributed by atoms with Gasteiger partial charge in [0.05, 0.1) is 0 Å². The van der Waals surface area contributed by atoms with Crippen molar-refractivity contribution in [3.8, 4) is 0 Å². The Labute approximate surface area is 157 Å². The summed E-state index contributed by atoms with van der Waals surface area (Å²) >= 11 is 0. The second kappa shape index (κ2) is 9.75. The SMILES string of the molecule is O=C(Nc1cccc(NC(=O)C2CCCCCC2)c1)C1CCCCCC1. The van der Waals surface area contributed by atoms with E-state index in [1.807, 2.05) is 24.3 Å². The van der Waals surface area contributed by atoms with Crippen molar-refractivity contribution in [3.63, 3.8) is 0 Å². The molecule has 0 radical (unpaired) electrons. The quantitative estimate of drug-likeness (QED) is 0.699. The van der Waals surface area contributed by atoms with Crippen molar-refractivity contribution < 1.29 is 9.59 Å². The zero-order valence-electron chi connectivity index (χ0n) is 15.8. The number of anilines is 2. The van der Waals surface area contributed by atoms with E-state index in [1.165, 1.54) is 25.7 Å². The smallest absolute Gasteiger partial charge is 0.227 e. The molecule has 2 fully saturated rings. The Morgan fingerprint density at radius 3 is 1.42 bits per heavy atom. The number of rotatable bonds is 4. The van der Waals surface area contributed by atoms with Gasteiger partial charge in [-0.25, -0.2) is 0 Å². The zero-order valence-corrected chi connectivity index (χ0v) is 15.8. The normalized spacial score (nSPS) is 20.0. The van der Waals surface area contributed by atoms with Gasteiger partial charge in [0.15, 0.2) is 0 Å². The Morgan fingerprint density at radius 1 is 0.654 bits per heavy atom. The molecule has 0 unspecified atom stereocenters. The molecule has 1 aromatic rings. The molecule has 1 aromatic carbocycles. The summed E-state index contributed by atoms with van der Waals surface area (Å²) in [5, 5.41) is 6.10. The van der Waals surface area contributed by atoms with Gasteiger partial charge >= 0.3 is 0 Å². The fourth-order valence-electron chi connectivity index (χ4n) is 4.25. The van der Waals surface area contributed by atoms with E-state index in [9.17, 15) is 9.59 Å². The van der Waals surface area contributed by atoms with E-state index >= 15 is 0 Å². The molecule has 142 valence electrons. The van der Waals surface area contributed by atoms with Gasteiger partial charge in [-0.05, 0) is 43.9 Å². The highest BCUT2D eigenvalue weighted by Gasteiger charge is 2.21. The van der Waals surface area contributed by atoms with Crippen LogP contribution in [0.15, 0.2) is 24.3 Å². The van der Waals surface area contributed by atoms with Crippen LogP contribution in [0.1, 0.15) is 77.0 Å². The summed E-state index contributed by atoms with van der Waals surface area (Å²) in [6, 6.07) is 7.57. The molecule has 0 aliphatic heterocycles. The lowest BCUT2D eigenvalue weighted by molar-refractivity contribution is -0.121. The molecule has 2 N–H and O–H groups in total. The van der Waals surface area contributed by atoms with Crippen LogP contribution in [0.5, 0.6) is 0 Å². The van der Waals surface area contributed by atoms with Gasteiger partial charge in [0.1, 0.15) is 0 Å². The average Bonchev–Trinajstić information content (AvgIpc) is 3.07. The number of carbonyl (C=O) groups excluding carboxylic acids is 2. The number of carbonyl (C=O) groups is 2. The molecule has 3 rings (SSSR count). The van der Waals surface area contributed by atoms with Gasteiger partial charge in [0.2, 0.25) is 11.8 Å². The van der Waals surface area contributed by atoms with Gasteiger partial charge in [0.25, 0.3) is 0 Å². The lowest BCUT2D eigenvalue weighted by Crippen LogP contribution is -2.23. The van der Waals surface area contributed by atoms with Crippen molar-refractivity contribution in [2.45, 2.75) is 77.0 Å². The molecule has 0 aromatic heterocycles. The van der Waals surface area contributed by atoms with Crippen molar-refractivity contribution in [2.24, 2.45) is 11.8 Å². The van der Waals surface area contributed by atoms with E-state index in [2.05, 4.69) is 10.6 Å². The topological polar surface area (TPSA) is 58.2 Å². The molecule has 2 saturated carbocycles. The first-order chi connectivity index (χ1) is 12.7. The molecule has 2 aliphatic rings. The van der Waals surface area contributed by atoms with E-state index in [-0.39, 0.29) is 23.7 Å². The maximum atomic E-state index is 12.5. The Balaban J connectivity index is 1.57. The average molecular weight is 357 g/mol. The van der Waals surface area contributed by atoms with Crippen LogP contribution in [-0.2, 0) is 9.59 Å². The maximum Gasteiger partial charge on any atom is 0.227 e. The molecule has 4 nitrogen and oxygen atoms in total. The monoisotopic (exact) mass is 356 g/mol. The van der Waals surface area contributed by atoms with Crippen molar-refractivity contribution in [1.82, 2.24) is 0 Å². The van der Waals surface area contributed by atoms with Crippen molar-refractivity contribution in [1.29, 1.82) is 0 Å². The lowest BCUT2D eigenvalue weighted by Gasteiger charge is -2.16. The molecule has 26 heavy (non-hydrogen) atoms. The third kappa shape index (κ3) is 5.58. The predicted molar refractivity (Wildman–Crippen MR) is 106 cm³/mol. The number of benzene rings is 1. The lowest BCUT2D eigenvalue weighted by atomic mass is 9.99. The summed E-state index contributed by atoms with van der Waals surface area (Å²) < 4.78 is 0. The van der Waals surface area contributed by atoms with Crippen molar-refractivity contribution in [3.05, 3.63) is 24.3 Å². The minimum Gasteiger partial charge on any atom is -0.326 e. The van der Waals surface area contributed by atoms with E-state index < -0.39 is 0 Å². The Bertz CT molecular complexity index is 549. The van der Waals surface area contributed by atoms with Crippen LogP contribution in [0.4, 0.5) is 11.4 Å². The Morgan fingerprint density at radius 2 is 1.04 bits per heavy atom. The summed E-state index contributed by atoms with van der Waals surface area (Å²) in [5.41, 5.74) is 1.55. The summed E-state index contributed by atoms with van der Waals surface area (Å²) in [6.07, 6.45) is 13.5. The number of amides is 2. The number of hydrogen-bond donors (Lipinski definition) is 2. The highest BCUT2D eigenvalue weighted by molar-refractivity contribution is 5.95. The molecule has 2 amide bonds. The Kier molecular flexibility index (Phi) is 7.10. The zero-order chi connectivity index (χ0) is 18.2. The van der Waals surface area contributed by atoms with E-state index in [1.54, 1.807) is 0 Å². The molecule has 4 heteroatoms. The van der Waals surface area contributed by atoms with E-state index in [0.717, 1.165) is 62.7 Å². The van der Waals surface area contributed by atoms with Crippen LogP contribution in [-0.4, -0.2) is 11.8 Å². The van der Waals surface area contributed by atoms with Gasteiger partial charge in [-0.1, -0.05) is 57.4 Å². The fourth-order valence-corrected chi connectivity index (χ4v) is 4.25. The first kappa shape index (κ1) is 18.9. The maximum absolute atomic E-state index is 12.5. The van der Waals surface area contributed by atoms with Gasteiger partial charge in [-0.3, -0.25) is 9.59 Å². The van der Waals surface area contributed by atoms with Crippen LogP contribution in [0.3, 0.4) is 0 Å². The molecular weight excluding hydrogens is 324 g/mol. The van der Waals surface area contributed by atoms with Crippen LogP contribution in [0, 0.1) is 11.8 Å². The largest absolute Gasteiger partial charge is 0.326 e. The summed E-state index contributed by atoms with van der Waals surface area (Å²) in [4.78, 5) is 25.1. The van der Waals surface area contributed by atoms with Crippen molar-refractivity contribution >= 4 is 23.2 Å². The van der Waals surface area contributed by atoms with Crippen LogP contribution in [0.25, 0.3) is 0 Å². The third-order valence-electron chi connectivity index (χ3n) is 5.85. The molecule has 0 atom stereocenters. The van der Waals surface area contributed by atoms with Crippen molar-refractivity contribution in [2.75, 3.05) is 10.6 Å². The van der Waals surface area contributed by atoms with E-state index in [0.29, 0.717) is 0 Å². The summed E-state index contributed by atoms with van der Waals surface area (Å²) in [7, 11) is 0. The minimum absolute atomic E-state index is 0.124. The molecule has 0 saturated heterocycles. The second-order valence-electron chi connectivity index (χ2n) is 7.94. The highest BCUT2D eigenvalue weighted by atomic mass is 16.2. The van der Waals surface area contributed by atoms with Gasteiger partial charge in [-0.15, -0.1) is 0 Å². The van der Waals surface area contributed by atoms with Crippen LogP contribution < -0.4 is 10.6 Å². The van der Waals surface area contributed by atoms with Crippen LogP contribution in [0.2, 0.25) is 0 Å². The standard InChI is InChI=1S/C22H32N2O2/c25-21(17-10-5-1-2-6-11-17)23-19-14-9-15-20(16-19)24-22(26)18-12-7-3-4-8-13-18/h9,14-18H,1-8,10-13H2,(H,23,25)(H,24,26). The van der Waals surface area contributed by atoms with Gasteiger partial charge < -0.3 is 10.6 Å². The minimum atomic E-state index is 0.124. The predicted octanol–water partition coefficient (Wildman–Crippen LogP) is 5.50. The number of nitrogens with one attached hydrogen (secondary N) is 2. The molecule has 0 bridgehead atoms. The first-order valence-electron chi connectivity index (χ1n) is 10.4. The molecular formula is C22H32N2O2. The first-order valence-corrected chi connectivity index (χ1v) is 10.4. The Hall–Kier alpha value is -1.84. The van der Waals surface area contributed by atoms with E-state index in [4.69, 9.17) is 0 Å². The highest BCUT2D eigenvalue weighted by Crippen LogP contribution is 2.26. The number of hydrogen-bond acceptors (Lipinski definition) is 2. The molecule has 0 heterocycles. The summed E-state index contributed by atoms with van der Waals surface area (Å²) in [6.45, 7) is 0. The van der Waals surface area contributed by atoms with Gasteiger partial charge in [-0.2, -0.15) is 0 Å². The van der Waals surface area contributed by atoms with Gasteiger partial charge in [0, 0.05) is 23.2 Å². The molecule has 0 spiro atoms. The molecule has 2 aliphatic carbocycles. The second-order valence-corrected chi connectivity index (χ2v) is 7.94. The summed E-state index contributed by atoms with van der Waals surface area (Å²) in [5.74, 6) is 0.502. The third-order valence-corrected chi connectivity index (χ3v) is 5.85. The van der Waals surface area contributed by atoms with Crippen LogP contribution >= 0.6 is 0 Å².